The third-order valence-electron chi connectivity index (χ3n) is 4.14. The molecule has 0 N–H and O–H groups in total. The van der Waals surface area contributed by atoms with Crippen molar-refractivity contribution in [2.24, 2.45) is 0 Å². The molecular formula is C18H17N7O. The Hall–Kier alpha value is -3.47. The number of nitrogens with zero attached hydrogens (tertiary/aromatic N) is 7. The molecular weight excluding hydrogens is 330 g/mol. The maximum Gasteiger partial charge on any atom is 0.182 e. The van der Waals surface area contributed by atoms with E-state index >= 15 is 0 Å². The van der Waals surface area contributed by atoms with Crippen molar-refractivity contribution >= 4 is 11.5 Å². The Kier molecular flexibility index (Phi) is 3.97. The summed E-state index contributed by atoms with van der Waals surface area (Å²) in [6, 6.07) is 6.14. The molecule has 4 heterocycles. The number of rotatable bonds is 3. The SMILES string of the molecule is CC(C)n1ccc(-c2ncc3c(n2)N(c2ccncc2C#N)CCO3)n1. The van der Waals surface area contributed by atoms with E-state index in [4.69, 9.17) is 4.74 Å². The highest BCUT2D eigenvalue weighted by atomic mass is 16.5. The van der Waals surface area contributed by atoms with Gasteiger partial charge in [0, 0.05) is 24.6 Å². The highest BCUT2D eigenvalue weighted by molar-refractivity contribution is 5.72. The Bertz CT molecular complexity index is 989. The number of nitriles is 1. The second kappa shape index (κ2) is 6.44. The van der Waals surface area contributed by atoms with Crippen LogP contribution in [0, 0.1) is 11.3 Å². The molecule has 3 aromatic heterocycles. The summed E-state index contributed by atoms with van der Waals surface area (Å²) in [6.45, 7) is 5.20. The largest absolute Gasteiger partial charge is 0.486 e. The summed E-state index contributed by atoms with van der Waals surface area (Å²) in [7, 11) is 0. The van der Waals surface area contributed by atoms with Crippen molar-refractivity contribution in [1.29, 1.82) is 5.26 Å². The summed E-state index contributed by atoms with van der Waals surface area (Å²) >= 11 is 0. The van der Waals surface area contributed by atoms with E-state index in [1.54, 1.807) is 18.6 Å². The number of ether oxygens (including phenoxy) is 1. The van der Waals surface area contributed by atoms with E-state index in [9.17, 15) is 5.26 Å². The first-order chi connectivity index (χ1) is 12.7. The molecule has 1 aliphatic rings. The first-order valence-corrected chi connectivity index (χ1v) is 8.34. The van der Waals surface area contributed by atoms with Crippen LogP contribution in [0.5, 0.6) is 5.75 Å². The Morgan fingerprint density at radius 2 is 2.15 bits per heavy atom. The fourth-order valence-electron chi connectivity index (χ4n) is 2.82. The first kappa shape index (κ1) is 16.0. The van der Waals surface area contributed by atoms with Gasteiger partial charge < -0.3 is 9.64 Å². The van der Waals surface area contributed by atoms with Gasteiger partial charge in [0.25, 0.3) is 0 Å². The van der Waals surface area contributed by atoms with Crippen LogP contribution in [0.1, 0.15) is 25.5 Å². The van der Waals surface area contributed by atoms with E-state index < -0.39 is 0 Å². The number of aromatic nitrogens is 5. The van der Waals surface area contributed by atoms with Gasteiger partial charge in [-0.1, -0.05) is 0 Å². The van der Waals surface area contributed by atoms with Gasteiger partial charge in [0.1, 0.15) is 18.4 Å². The predicted molar refractivity (Wildman–Crippen MR) is 95.1 cm³/mol. The van der Waals surface area contributed by atoms with Gasteiger partial charge in [-0.05, 0) is 26.0 Å². The third kappa shape index (κ3) is 2.73. The Morgan fingerprint density at radius 3 is 2.92 bits per heavy atom. The molecule has 0 aliphatic carbocycles. The average molecular weight is 347 g/mol. The highest BCUT2D eigenvalue weighted by Crippen LogP contribution is 2.36. The van der Waals surface area contributed by atoms with E-state index in [1.807, 2.05) is 27.9 Å². The Labute approximate surface area is 150 Å². The molecule has 1 aliphatic heterocycles. The highest BCUT2D eigenvalue weighted by Gasteiger charge is 2.25. The van der Waals surface area contributed by atoms with E-state index in [-0.39, 0.29) is 6.04 Å². The van der Waals surface area contributed by atoms with Gasteiger partial charge >= 0.3 is 0 Å². The molecule has 0 amide bonds. The fraction of sp³-hybridized carbons (Fsp3) is 0.278. The summed E-state index contributed by atoms with van der Waals surface area (Å²) < 4.78 is 7.56. The number of fused-ring (bicyclic) bond motifs is 1. The summed E-state index contributed by atoms with van der Waals surface area (Å²) in [6.07, 6.45) is 6.79. The van der Waals surface area contributed by atoms with Crippen LogP contribution < -0.4 is 9.64 Å². The zero-order chi connectivity index (χ0) is 18.1. The molecule has 4 rings (SSSR count). The van der Waals surface area contributed by atoms with Gasteiger partial charge in [-0.25, -0.2) is 9.97 Å². The first-order valence-electron chi connectivity index (χ1n) is 8.34. The summed E-state index contributed by atoms with van der Waals surface area (Å²) in [5.41, 5.74) is 1.94. The van der Waals surface area contributed by atoms with Crippen LogP contribution in [0.15, 0.2) is 36.9 Å². The van der Waals surface area contributed by atoms with Gasteiger partial charge in [0.2, 0.25) is 0 Å². The smallest absolute Gasteiger partial charge is 0.182 e. The number of hydrogen-bond acceptors (Lipinski definition) is 7. The quantitative estimate of drug-likeness (QED) is 0.719. The molecule has 0 spiro atoms. The standard InChI is InChI=1S/C18H17N7O/c1-12(2)25-6-4-14(23-25)17-21-11-16-18(22-17)24(7-8-26-16)15-3-5-20-10-13(15)9-19/h3-6,10-12H,7-8H2,1-2H3. The lowest BCUT2D eigenvalue weighted by atomic mass is 10.2. The summed E-state index contributed by atoms with van der Waals surface area (Å²) in [4.78, 5) is 15.1. The number of hydrogen-bond donors (Lipinski definition) is 0. The van der Waals surface area contributed by atoms with Gasteiger partial charge in [-0.15, -0.1) is 0 Å². The molecule has 8 nitrogen and oxygen atoms in total. The lowest BCUT2D eigenvalue weighted by Gasteiger charge is -2.30. The van der Waals surface area contributed by atoms with Crippen LogP contribution in [-0.2, 0) is 0 Å². The zero-order valence-corrected chi connectivity index (χ0v) is 14.5. The van der Waals surface area contributed by atoms with Crippen LogP contribution in [0.4, 0.5) is 11.5 Å². The molecule has 26 heavy (non-hydrogen) atoms. The van der Waals surface area contributed by atoms with Crippen molar-refractivity contribution in [3.8, 4) is 23.3 Å². The predicted octanol–water partition coefficient (Wildman–Crippen LogP) is 2.72. The third-order valence-corrected chi connectivity index (χ3v) is 4.14. The van der Waals surface area contributed by atoms with Gasteiger partial charge in [-0.2, -0.15) is 10.4 Å². The lowest BCUT2D eigenvalue weighted by molar-refractivity contribution is 0.310. The Balaban J connectivity index is 1.78. The molecule has 0 fully saturated rings. The second-order valence-electron chi connectivity index (χ2n) is 6.16. The van der Waals surface area contributed by atoms with Crippen molar-refractivity contribution in [2.75, 3.05) is 18.1 Å². The van der Waals surface area contributed by atoms with Crippen molar-refractivity contribution < 1.29 is 4.74 Å². The van der Waals surface area contributed by atoms with Gasteiger partial charge in [0.05, 0.1) is 24.0 Å². The maximum absolute atomic E-state index is 9.39. The molecule has 0 saturated carbocycles. The van der Waals surface area contributed by atoms with Crippen molar-refractivity contribution in [3.05, 3.63) is 42.5 Å². The molecule has 0 radical (unpaired) electrons. The number of anilines is 2. The number of pyridine rings is 1. The van der Waals surface area contributed by atoms with Crippen molar-refractivity contribution in [1.82, 2.24) is 24.7 Å². The van der Waals surface area contributed by atoms with E-state index in [1.165, 1.54) is 0 Å². The molecule has 0 saturated heterocycles. The van der Waals surface area contributed by atoms with Crippen LogP contribution in [0.3, 0.4) is 0 Å². The van der Waals surface area contributed by atoms with Crippen LogP contribution in [0.25, 0.3) is 11.5 Å². The minimum absolute atomic E-state index is 0.260. The monoisotopic (exact) mass is 347 g/mol. The zero-order valence-electron chi connectivity index (χ0n) is 14.5. The van der Waals surface area contributed by atoms with Crippen molar-refractivity contribution in [2.45, 2.75) is 19.9 Å². The maximum atomic E-state index is 9.39. The van der Waals surface area contributed by atoms with Gasteiger partial charge in [0.15, 0.2) is 17.4 Å². The topological polar surface area (TPSA) is 92.8 Å². The van der Waals surface area contributed by atoms with Crippen molar-refractivity contribution in [3.63, 3.8) is 0 Å². The van der Waals surface area contributed by atoms with Crippen LogP contribution in [-0.4, -0.2) is 37.9 Å². The van der Waals surface area contributed by atoms with Crippen LogP contribution >= 0.6 is 0 Å². The molecule has 0 atom stereocenters. The lowest BCUT2D eigenvalue weighted by Crippen LogP contribution is -2.30. The summed E-state index contributed by atoms with van der Waals surface area (Å²) in [5.74, 6) is 1.73. The van der Waals surface area contributed by atoms with E-state index in [0.29, 0.717) is 41.8 Å². The second-order valence-corrected chi connectivity index (χ2v) is 6.16. The molecule has 0 aromatic carbocycles. The molecule has 0 bridgehead atoms. The fourth-order valence-corrected chi connectivity index (χ4v) is 2.82. The van der Waals surface area contributed by atoms with Gasteiger partial charge in [-0.3, -0.25) is 9.67 Å². The Morgan fingerprint density at radius 1 is 1.27 bits per heavy atom. The normalized spacial score (nSPS) is 13.2. The molecule has 130 valence electrons. The van der Waals surface area contributed by atoms with Crippen LogP contribution in [0.2, 0.25) is 0 Å². The van der Waals surface area contributed by atoms with E-state index in [0.717, 1.165) is 5.69 Å². The summed E-state index contributed by atoms with van der Waals surface area (Å²) in [5, 5.41) is 13.9. The van der Waals surface area contributed by atoms with E-state index in [2.05, 4.69) is 40.0 Å². The molecule has 8 heteroatoms. The average Bonchev–Trinajstić information content (AvgIpc) is 3.17. The minimum Gasteiger partial charge on any atom is -0.486 e. The molecule has 0 unspecified atom stereocenters. The molecule has 3 aromatic rings. The minimum atomic E-state index is 0.260.